The van der Waals surface area contributed by atoms with Crippen molar-refractivity contribution in [2.24, 2.45) is 0 Å². The minimum absolute atomic E-state index is 0.0843. The van der Waals surface area contributed by atoms with Crippen LogP contribution < -0.4 is 16.0 Å². The molecule has 4 heterocycles. The van der Waals surface area contributed by atoms with Gasteiger partial charge >= 0.3 is 5.69 Å². The monoisotopic (exact) mass is 603 g/mol. The van der Waals surface area contributed by atoms with E-state index in [1.54, 1.807) is 21.0 Å². The van der Waals surface area contributed by atoms with Gasteiger partial charge in [0.15, 0.2) is 0 Å². The first kappa shape index (κ1) is 29.5. The summed E-state index contributed by atoms with van der Waals surface area (Å²) in [5.74, 6) is 0.975. The molecular weight excluding hydrogens is 569 g/mol. The van der Waals surface area contributed by atoms with Gasteiger partial charge in [0.25, 0.3) is 5.56 Å². The molecule has 1 aliphatic rings. The highest BCUT2D eigenvalue weighted by Crippen LogP contribution is 2.44. The zero-order valence-electron chi connectivity index (χ0n) is 23.5. The summed E-state index contributed by atoms with van der Waals surface area (Å²) in [5.41, 5.74) is 0.270. The molecule has 220 valence electrons. The maximum Gasteiger partial charge on any atom is 0.332 e. The van der Waals surface area contributed by atoms with Crippen molar-refractivity contribution in [2.75, 3.05) is 33.6 Å². The van der Waals surface area contributed by atoms with Gasteiger partial charge in [-0.05, 0) is 38.3 Å². The van der Waals surface area contributed by atoms with Crippen LogP contribution in [0.4, 0.5) is 0 Å². The van der Waals surface area contributed by atoms with E-state index in [9.17, 15) is 14.2 Å². The fourth-order valence-corrected chi connectivity index (χ4v) is 7.78. The number of methoxy groups -OCH3 is 1. The average Bonchev–Trinajstić information content (AvgIpc) is 3.61. The van der Waals surface area contributed by atoms with Gasteiger partial charge in [-0.15, -0.1) is 11.3 Å². The molecule has 1 saturated heterocycles. The quantitative estimate of drug-likeness (QED) is 0.217. The number of fused-ring (bicyclic) bond motifs is 1. The molecule has 1 fully saturated rings. The third-order valence-electron chi connectivity index (χ3n) is 7.08. The molecule has 0 unspecified atom stereocenters. The van der Waals surface area contributed by atoms with Crippen molar-refractivity contribution in [2.45, 2.75) is 51.7 Å². The smallest absolute Gasteiger partial charge is 0.332 e. The number of aromatic nitrogens is 3. The summed E-state index contributed by atoms with van der Waals surface area (Å²) in [6.07, 6.45) is 3.40. The molecule has 13 heteroatoms. The number of rotatable bonds is 11. The van der Waals surface area contributed by atoms with E-state index in [2.05, 4.69) is 4.98 Å². The Kier molecular flexibility index (Phi) is 8.96. The van der Waals surface area contributed by atoms with E-state index in [4.69, 9.17) is 23.2 Å². The number of aryl methyl sites for hydroxylation is 1. The number of hydrogen-bond acceptors (Lipinski definition) is 10. The molecule has 0 N–H and O–H groups in total. The molecule has 11 nitrogen and oxygen atoms in total. The van der Waals surface area contributed by atoms with Gasteiger partial charge in [-0.3, -0.25) is 13.9 Å². The Hall–Kier alpha value is -3.02. The van der Waals surface area contributed by atoms with Crippen molar-refractivity contribution in [3.05, 3.63) is 68.7 Å². The first-order valence-electron chi connectivity index (χ1n) is 13.5. The molecule has 0 radical (unpaired) electrons. The van der Waals surface area contributed by atoms with Crippen LogP contribution in [0, 0.1) is 6.92 Å². The molecule has 1 aromatic carbocycles. The van der Waals surface area contributed by atoms with Crippen LogP contribution in [0.15, 0.2) is 50.7 Å². The highest BCUT2D eigenvalue weighted by molar-refractivity contribution is 7.57. The molecule has 41 heavy (non-hydrogen) atoms. The van der Waals surface area contributed by atoms with E-state index in [1.165, 1.54) is 35.0 Å². The van der Waals surface area contributed by atoms with Crippen molar-refractivity contribution < 1.29 is 27.7 Å². The van der Waals surface area contributed by atoms with Gasteiger partial charge in [0, 0.05) is 25.4 Å². The number of thiophene rings is 1. The van der Waals surface area contributed by atoms with Gasteiger partial charge in [-0.2, -0.15) is 0 Å². The summed E-state index contributed by atoms with van der Waals surface area (Å²) >= 11 is 1.25. The normalized spacial score (nSPS) is 16.6. The SMILES string of the molecule is CCO[P@@](C)(=O)Cn1c(=O)c2c(C)c(-c3ncco3)sc2n(C[C@H](OC2CCOCC2)c2ccccc2OC)c1=O. The largest absolute Gasteiger partial charge is 0.496 e. The van der Waals surface area contributed by atoms with Crippen molar-refractivity contribution in [1.82, 2.24) is 14.1 Å². The van der Waals surface area contributed by atoms with Gasteiger partial charge in [0.05, 0.1) is 42.8 Å². The highest BCUT2D eigenvalue weighted by atomic mass is 32.1. The van der Waals surface area contributed by atoms with E-state index >= 15 is 0 Å². The zero-order chi connectivity index (χ0) is 29.1. The molecule has 3 aromatic heterocycles. The molecule has 1 aliphatic heterocycles. The van der Waals surface area contributed by atoms with Crippen molar-refractivity contribution in [3.8, 4) is 16.5 Å². The van der Waals surface area contributed by atoms with Crippen LogP contribution >= 0.6 is 18.7 Å². The highest BCUT2D eigenvalue weighted by Gasteiger charge is 2.29. The van der Waals surface area contributed by atoms with E-state index < -0.39 is 24.7 Å². The van der Waals surface area contributed by atoms with Crippen LogP contribution in [0.3, 0.4) is 0 Å². The minimum Gasteiger partial charge on any atom is -0.496 e. The Morgan fingerprint density at radius 3 is 2.63 bits per heavy atom. The summed E-state index contributed by atoms with van der Waals surface area (Å²) in [4.78, 5) is 33.3. The Morgan fingerprint density at radius 1 is 1.20 bits per heavy atom. The third-order valence-corrected chi connectivity index (χ3v) is 9.98. The molecule has 5 rings (SSSR count). The summed E-state index contributed by atoms with van der Waals surface area (Å²) in [7, 11) is -1.71. The number of ether oxygens (including phenoxy) is 3. The third kappa shape index (κ3) is 6.12. The maximum atomic E-state index is 14.1. The van der Waals surface area contributed by atoms with Crippen molar-refractivity contribution >= 4 is 28.9 Å². The van der Waals surface area contributed by atoms with Crippen LogP contribution in [-0.2, 0) is 31.4 Å². The number of nitrogens with zero attached hydrogens (tertiary/aromatic N) is 3. The summed E-state index contributed by atoms with van der Waals surface area (Å²) in [6.45, 7) is 6.40. The molecular formula is C28H34N3O8PS. The van der Waals surface area contributed by atoms with Gasteiger partial charge in [0.2, 0.25) is 13.3 Å². The second-order valence-corrected chi connectivity index (χ2v) is 13.5. The summed E-state index contributed by atoms with van der Waals surface area (Å²) in [6, 6.07) is 7.52. The second-order valence-electron chi connectivity index (χ2n) is 9.95. The van der Waals surface area contributed by atoms with E-state index in [1.807, 2.05) is 24.3 Å². The lowest BCUT2D eigenvalue weighted by molar-refractivity contribution is -0.0753. The predicted molar refractivity (Wildman–Crippen MR) is 156 cm³/mol. The first-order chi connectivity index (χ1) is 19.7. The Labute approximate surface area is 241 Å². The fourth-order valence-electron chi connectivity index (χ4n) is 5.15. The molecule has 2 atom stereocenters. The molecule has 4 aromatic rings. The van der Waals surface area contributed by atoms with E-state index in [-0.39, 0.29) is 25.5 Å². The number of benzene rings is 1. The number of oxazole rings is 1. The standard InChI is InChI=1S/C28H34N3O8PS/c1-5-38-40(4,34)17-31-26(32)23-18(2)24(25-29-12-15-37-25)41-27(23)30(28(31)33)16-22(39-19-10-13-36-14-11-19)20-8-6-7-9-21(20)35-3/h6-9,12,15,19,22H,5,10-11,13-14,16-17H2,1-4H3/t22-,40+/m0/s1. The molecule has 0 amide bonds. The molecule has 0 spiro atoms. The zero-order valence-corrected chi connectivity index (χ0v) is 25.2. The molecule has 0 aliphatic carbocycles. The topological polar surface area (TPSA) is 124 Å². The van der Waals surface area contributed by atoms with Crippen LogP contribution in [0.5, 0.6) is 5.75 Å². The lowest BCUT2D eigenvalue weighted by Gasteiger charge is -2.29. The van der Waals surface area contributed by atoms with Gasteiger partial charge in [-0.1, -0.05) is 18.2 Å². The number of para-hydroxylation sites is 1. The lowest BCUT2D eigenvalue weighted by Crippen LogP contribution is -2.41. The predicted octanol–water partition coefficient (Wildman–Crippen LogP) is 5.04. The van der Waals surface area contributed by atoms with Crippen LogP contribution in [0.2, 0.25) is 0 Å². The Morgan fingerprint density at radius 2 is 1.95 bits per heavy atom. The van der Waals surface area contributed by atoms with E-state index in [0.29, 0.717) is 45.5 Å². The van der Waals surface area contributed by atoms with Gasteiger partial charge in [0.1, 0.15) is 29.2 Å². The molecule has 0 bridgehead atoms. The molecule has 0 saturated carbocycles. The van der Waals surface area contributed by atoms with Gasteiger partial charge < -0.3 is 23.2 Å². The lowest BCUT2D eigenvalue weighted by atomic mass is 10.1. The first-order valence-corrected chi connectivity index (χ1v) is 16.5. The van der Waals surface area contributed by atoms with E-state index in [0.717, 1.165) is 23.0 Å². The summed E-state index contributed by atoms with van der Waals surface area (Å²) in [5, 5.41) is 0.337. The van der Waals surface area contributed by atoms with Gasteiger partial charge in [-0.25, -0.2) is 14.3 Å². The van der Waals surface area contributed by atoms with Crippen molar-refractivity contribution in [1.29, 1.82) is 0 Å². The van der Waals surface area contributed by atoms with Crippen LogP contribution in [0.25, 0.3) is 21.0 Å². The minimum atomic E-state index is -3.30. The number of hydrogen-bond donors (Lipinski definition) is 0. The van der Waals surface area contributed by atoms with Crippen LogP contribution in [-0.4, -0.2) is 53.8 Å². The average molecular weight is 604 g/mol. The van der Waals surface area contributed by atoms with Crippen LogP contribution in [0.1, 0.15) is 37.0 Å². The fraction of sp³-hybridized carbons (Fsp3) is 0.464. The maximum absolute atomic E-state index is 14.1. The Balaban J connectivity index is 1.71. The Bertz CT molecular complexity index is 1670. The second kappa shape index (κ2) is 12.5. The summed E-state index contributed by atoms with van der Waals surface area (Å²) < 4.78 is 44.6. The van der Waals surface area contributed by atoms with Crippen molar-refractivity contribution in [3.63, 3.8) is 0 Å².